The fraction of sp³-hybridized carbons (Fsp3) is 0.852. The van der Waals surface area contributed by atoms with E-state index >= 15 is 0 Å². The third-order valence-electron chi connectivity index (χ3n) is 10.5. The van der Waals surface area contributed by atoms with E-state index in [4.69, 9.17) is 5.11 Å². The van der Waals surface area contributed by atoms with Gasteiger partial charge in [-0.25, -0.2) is 0 Å². The topological polar surface area (TPSA) is 74.6 Å². The molecule has 174 valence electrons. The van der Waals surface area contributed by atoms with Gasteiger partial charge in [0.25, 0.3) is 0 Å². The molecule has 0 spiro atoms. The third kappa shape index (κ3) is 3.81. The second kappa shape index (κ2) is 8.32. The molecule has 4 nitrogen and oxygen atoms in total. The van der Waals surface area contributed by atoms with Crippen molar-refractivity contribution in [2.45, 2.75) is 98.0 Å². The SMILES string of the molecule is CC(CCCC(C)C1CCC2C3C(O)CC4=CC(=O)CCC4(C)C3CCC12C)C(=O)O. The van der Waals surface area contributed by atoms with E-state index in [0.29, 0.717) is 42.4 Å². The van der Waals surface area contributed by atoms with Gasteiger partial charge in [0.2, 0.25) is 0 Å². The van der Waals surface area contributed by atoms with Gasteiger partial charge in [0.05, 0.1) is 12.0 Å². The number of carboxylic acids is 1. The summed E-state index contributed by atoms with van der Waals surface area (Å²) in [6.07, 6.45) is 11.6. The smallest absolute Gasteiger partial charge is 0.306 e. The van der Waals surface area contributed by atoms with E-state index in [-0.39, 0.29) is 28.6 Å². The molecule has 4 heteroatoms. The predicted molar refractivity (Wildman–Crippen MR) is 121 cm³/mol. The first-order chi connectivity index (χ1) is 14.6. The standard InChI is InChI=1S/C27H42O4/c1-16(6-5-7-17(2)25(30)31)20-8-9-21-24-22(11-13-27(20,21)4)26(3)12-10-19(28)14-18(26)15-23(24)29/h14,16-17,20-24,29H,5-13,15H2,1-4H3,(H,30,31). The van der Waals surface area contributed by atoms with Crippen molar-refractivity contribution >= 4 is 11.8 Å². The first kappa shape index (κ1) is 23.0. The first-order valence-electron chi connectivity index (χ1n) is 12.7. The van der Waals surface area contributed by atoms with E-state index in [0.717, 1.165) is 32.1 Å². The van der Waals surface area contributed by atoms with Gasteiger partial charge in [0, 0.05) is 6.42 Å². The van der Waals surface area contributed by atoms with E-state index in [1.807, 2.05) is 13.0 Å². The van der Waals surface area contributed by atoms with Gasteiger partial charge in [0.15, 0.2) is 5.78 Å². The largest absolute Gasteiger partial charge is 0.481 e. The van der Waals surface area contributed by atoms with Crippen LogP contribution in [0.3, 0.4) is 0 Å². The minimum absolute atomic E-state index is 0.0931. The molecule has 3 saturated carbocycles. The summed E-state index contributed by atoms with van der Waals surface area (Å²) >= 11 is 0. The summed E-state index contributed by atoms with van der Waals surface area (Å²) in [4.78, 5) is 23.2. The molecule has 4 rings (SSSR count). The van der Waals surface area contributed by atoms with Gasteiger partial charge in [-0.15, -0.1) is 0 Å². The lowest BCUT2D eigenvalue weighted by molar-refractivity contribution is -0.141. The van der Waals surface area contributed by atoms with Crippen molar-refractivity contribution < 1.29 is 19.8 Å². The molecule has 9 atom stereocenters. The van der Waals surface area contributed by atoms with Crippen molar-refractivity contribution in [2.75, 3.05) is 0 Å². The van der Waals surface area contributed by atoms with Gasteiger partial charge in [-0.05, 0) is 91.4 Å². The van der Waals surface area contributed by atoms with Crippen LogP contribution in [0.25, 0.3) is 0 Å². The van der Waals surface area contributed by atoms with E-state index in [1.54, 1.807) is 0 Å². The van der Waals surface area contributed by atoms with Crippen LogP contribution in [0, 0.1) is 46.3 Å². The van der Waals surface area contributed by atoms with Crippen LogP contribution in [0.1, 0.15) is 91.9 Å². The Hall–Kier alpha value is -1.16. The van der Waals surface area contributed by atoms with Crippen LogP contribution in [-0.2, 0) is 9.59 Å². The molecule has 0 amide bonds. The molecule has 3 fully saturated rings. The van der Waals surface area contributed by atoms with Crippen LogP contribution in [0.5, 0.6) is 0 Å². The second-order valence-electron chi connectivity index (χ2n) is 12.0. The van der Waals surface area contributed by atoms with E-state index in [9.17, 15) is 14.7 Å². The van der Waals surface area contributed by atoms with Crippen molar-refractivity contribution in [3.05, 3.63) is 11.6 Å². The number of carboxylic acid groups (broad SMARTS) is 1. The Kier molecular flexibility index (Phi) is 6.17. The van der Waals surface area contributed by atoms with Crippen LogP contribution in [0.4, 0.5) is 0 Å². The molecule has 0 radical (unpaired) electrons. The Balaban J connectivity index is 1.49. The highest BCUT2D eigenvalue weighted by Crippen LogP contribution is 2.67. The van der Waals surface area contributed by atoms with E-state index in [1.165, 1.54) is 24.8 Å². The lowest BCUT2D eigenvalue weighted by Crippen LogP contribution is -2.55. The fourth-order valence-corrected chi connectivity index (χ4v) is 8.57. The Bertz CT molecular complexity index is 756. The Morgan fingerprint density at radius 3 is 2.58 bits per heavy atom. The number of carbonyl (C=O) groups excluding carboxylic acids is 1. The maximum Gasteiger partial charge on any atom is 0.306 e. The summed E-state index contributed by atoms with van der Waals surface area (Å²) in [7, 11) is 0. The van der Waals surface area contributed by atoms with Crippen molar-refractivity contribution in [2.24, 2.45) is 46.3 Å². The van der Waals surface area contributed by atoms with Crippen LogP contribution in [0.15, 0.2) is 11.6 Å². The molecule has 0 bridgehead atoms. The molecule has 31 heavy (non-hydrogen) atoms. The number of aliphatic hydroxyl groups is 1. The van der Waals surface area contributed by atoms with Gasteiger partial charge >= 0.3 is 5.97 Å². The summed E-state index contributed by atoms with van der Waals surface area (Å²) in [5, 5.41) is 20.4. The monoisotopic (exact) mass is 430 g/mol. The van der Waals surface area contributed by atoms with Crippen LogP contribution < -0.4 is 0 Å². The van der Waals surface area contributed by atoms with Gasteiger partial charge in [0.1, 0.15) is 0 Å². The van der Waals surface area contributed by atoms with Crippen molar-refractivity contribution in [3.8, 4) is 0 Å². The molecule has 0 aliphatic heterocycles. The quantitative estimate of drug-likeness (QED) is 0.572. The third-order valence-corrected chi connectivity index (χ3v) is 10.5. The van der Waals surface area contributed by atoms with Gasteiger partial charge in [-0.1, -0.05) is 46.1 Å². The Morgan fingerprint density at radius 2 is 1.87 bits per heavy atom. The molecule has 4 aliphatic rings. The molecule has 0 aromatic carbocycles. The fourth-order valence-electron chi connectivity index (χ4n) is 8.57. The Morgan fingerprint density at radius 1 is 1.13 bits per heavy atom. The molecular formula is C27H42O4. The normalized spacial score (nSPS) is 44.0. The zero-order valence-electron chi connectivity index (χ0n) is 19.9. The molecule has 0 saturated heterocycles. The number of aliphatic hydroxyl groups excluding tert-OH is 1. The number of ketones is 1. The predicted octanol–water partition coefficient (Wildman–Crippen LogP) is 5.63. The molecule has 0 heterocycles. The molecule has 4 aliphatic carbocycles. The molecule has 9 unspecified atom stereocenters. The lowest BCUT2D eigenvalue weighted by atomic mass is 9.45. The second-order valence-corrected chi connectivity index (χ2v) is 12.0. The molecular weight excluding hydrogens is 388 g/mol. The zero-order valence-corrected chi connectivity index (χ0v) is 19.9. The number of fused-ring (bicyclic) bond motifs is 5. The Labute approximate surface area is 187 Å². The van der Waals surface area contributed by atoms with Crippen molar-refractivity contribution in [1.82, 2.24) is 0 Å². The zero-order chi connectivity index (χ0) is 22.6. The number of aliphatic carboxylic acids is 1. The summed E-state index contributed by atoms with van der Waals surface area (Å²) in [6.45, 7) is 9.05. The van der Waals surface area contributed by atoms with Crippen molar-refractivity contribution in [1.29, 1.82) is 0 Å². The molecule has 2 N–H and O–H groups in total. The average Bonchev–Trinajstić information content (AvgIpc) is 3.06. The van der Waals surface area contributed by atoms with Crippen molar-refractivity contribution in [3.63, 3.8) is 0 Å². The minimum Gasteiger partial charge on any atom is -0.481 e. The summed E-state index contributed by atoms with van der Waals surface area (Å²) in [5.74, 6) is 2.01. The number of carbonyl (C=O) groups is 2. The van der Waals surface area contributed by atoms with Crippen LogP contribution >= 0.6 is 0 Å². The highest BCUT2D eigenvalue weighted by atomic mass is 16.4. The molecule has 0 aromatic rings. The minimum atomic E-state index is -0.684. The molecule has 0 aromatic heterocycles. The highest BCUT2D eigenvalue weighted by molar-refractivity contribution is 5.91. The summed E-state index contributed by atoms with van der Waals surface area (Å²) in [5.41, 5.74) is 1.59. The average molecular weight is 431 g/mol. The number of hydrogen-bond donors (Lipinski definition) is 2. The van der Waals surface area contributed by atoms with Gasteiger partial charge in [-0.2, -0.15) is 0 Å². The summed E-state index contributed by atoms with van der Waals surface area (Å²) < 4.78 is 0. The van der Waals surface area contributed by atoms with Gasteiger partial charge in [-0.3, -0.25) is 9.59 Å². The van der Waals surface area contributed by atoms with Crippen LogP contribution in [-0.4, -0.2) is 28.1 Å². The first-order valence-corrected chi connectivity index (χ1v) is 12.7. The highest BCUT2D eigenvalue weighted by Gasteiger charge is 2.61. The number of hydrogen-bond acceptors (Lipinski definition) is 3. The maximum atomic E-state index is 12.1. The van der Waals surface area contributed by atoms with Crippen LogP contribution in [0.2, 0.25) is 0 Å². The van der Waals surface area contributed by atoms with Gasteiger partial charge < -0.3 is 10.2 Å². The van der Waals surface area contributed by atoms with E-state index in [2.05, 4.69) is 20.8 Å². The van der Waals surface area contributed by atoms with E-state index < -0.39 is 5.97 Å². The maximum absolute atomic E-state index is 12.1. The number of rotatable bonds is 6. The lowest BCUT2D eigenvalue weighted by Gasteiger charge is -2.60. The summed E-state index contributed by atoms with van der Waals surface area (Å²) in [6, 6.07) is 0.